The summed E-state index contributed by atoms with van der Waals surface area (Å²) in [5.41, 5.74) is 5.37. The van der Waals surface area contributed by atoms with E-state index in [0.717, 1.165) is 31.4 Å². The molecule has 5 heteroatoms. The standard InChI is InChI=1S/C14H20F2N2O/c1-2-3-10(6-7-17)9-18-14(19)12-5-4-11(15)8-13(12)16/h4-5,8,10H,2-3,6-7,9,17H2,1H3,(H,18,19). The molecule has 0 spiro atoms. The number of halogens is 2. The molecule has 1 rings (SSSR count). The summed E-state index contributed by atoms with van der Waals surface area (Å²) in [4.78, 5) is 11.8. The van der Waals surface area contributed by atoms with E-state index in [4.69, 9.17) is 5.73 Å². The van der Waals surface area contributed by atoms with E-state index in [-0.39, 0.29) is 5.56 Å². The van der Waals surface area contributed by atoms with E-state index in [1.165, 1.54) is 0 Å². The number of hydrogen-bond acceptors (Lipinski definition) is 2. The van der Waals surface area contributed by atoms with E-state index in [1.807, 2.05) is 0 Å². The minimum absolute atomic E-state index is 0.135. The zero-order valence-electron chi connectivity index (χ0n) is 11.1. The molecule has 0 aliphatic rings. The predicted octanol–water partition coefficient (Wildman–Crippen LogP) is 2.46. The lowest BCUT2D eigenvalue weighted by molar-refractivity contribution is 0.0941. The Balaban J connectivity index is 2.58. The van der Waals surface area contributed by atoms with Gasteiger partial charge in [-0.05, 0) is 37.4 Å². The van der Waals surface area contributed by atoms with Crippen LogP contribution < -0.4 is 11.1 Å². The van der Waals surface area contributed by atoms with E-state index in [9.17, 15) is 13.6 Å². The van der Waals surface area contributed by atoms with Gasteiger partial charge in [0.15, 0.2) is 0 Å². The molecule has 0 aromatic heterocycles. The van der Waals surface area contributed by atoms with Crippen molar-refractivity contribution in [2.75, 3.05) is 13.1 Å². The highest BCUT2D eigenvalue weighted by atomic mass is 19.1. The first-order chi connectivity index (χ1) is 9.08. The molecule has 0 aliphatic carbocycles. The Labute approximate surface area is 112 Å². The van der Waals surface area contributed by atoms with Crippen LogP contribution in [0.15, 0.2) is 18.2 Å². The molecule has 0 bridgehead atoms. The maximum Gasteiger partial charge on any atom is 0.254 e. The number of benzene rings is 1. The Morgan fingerprint density at radius 2 is 2.11 bits per heavy atom. The third-order valence-electron chi connectivity index (χ3n) is 3.00. The van der Waals surface area contributed by atoms with Gasteiger partial charge in [0.05, 0.1) is 5.56 Å². The van der Waals surface area contributed by atoms with Crippen LogP contribution in [-0.4, -0.2) is 19.0 Å². The van der Waals surface area contributed by atoms with Crippen molar-refractivity contribution in [3.05, 3.63) is 35.4 Å². The summed E-state index contributed by atoms with van der Waals surface area (Å²) in [7, 11) is 0. The van der Waals surface area contributed by atoms with Crippen molar-refractivity contribution >= 4 is 5.91 Å². The summed E-state index contributed by atoms with van der Waals surface area (Å²) < 4.78 is 26.1. The second kappa shape index (κ2) is 7.84. The van der Waals surface area contributed by atoms with Crippen LogP contribution in [0.25, 0.3) is 0 Å². The maximum atomic E-state index is 13.4. The Kier molecular flexibility index (Phi) is 6.42. The molecule has 0 aliphatic heterocycles. The van der Waals surface area contributed by atoms with Gasteiger partial charge in [0.25, 0.3) is 5.91 Å². The summed E-state index contributed by atoms with van der Waals surface area (Å²) in [6, 6.07) is 2.93. The van der Waals surface area contributed by atoms with Crippen molar-refractivity contribution in [2.24, 2.45) is 11.7 Å². The SMILES string of the molecule is CCCC(CCN)CNC(=O)c1ccc(F)cc1F. The van der Waals surface area contributed by atoms with Crippen molar-refractivity contribution in [2.45, 2.75) is 26.2 Å². The first-order valence-electron chi connectivity index (χ1n) is 6.51. The molecule has 1 aromatic rings. The van der Waals surface area contributed by atoms with Crippen LogP contribution in [0, 0.1) is 17.6 Å². The molecular formula is C14H20F2N2O. The van der Waals surface area contributed by atoms with Gasteiger partial charge in [0.1, 0.15) is 11.6 Å². The van der Waals surface area contributed by atoms with Crippen molar-refractivity contribution in [3.63, 3.8) is 0 Å². The summed E-state index contributed by atoms with van der Waals surface area (Å²) in [6.07, 6.45) is 2.79. The van der Waals surface area contributed by atoms with Crippen LogP contribution in [0.1, 0.15) is 36.5 Å². The highest BCUT2D eigenvalue weighted by Crippen LogP contribution is 2.11. The number of rotatable bonds is 7. The lowest BCUT2D eigenvalue weighted by Gasteiger charge is -2.16. The number of nitrogens with two attached hydrogens (primary N) is 1. The Morgan fingerprint density at radius 3 is 2.68 bits per heavy atom. The normalized spacial score (nSPS) is 12.2. The molecule has 0 heterocycles. The molecule has 3 N–H and O–H groups in total. The number of carbonyl (C=O) groups excluding carboxylic acids is 1. The Hall–Kier alpha value is -1.49. The molecule has 0 radical (unpaired) electrons. The fourth-order valence-electron chi connectivity index (χ4n) is 2.00. The van der Waals surface area contributed by atoms with Gasteiger partial charge in [-0.15, -0.1) is 0 Å². The largest absolute Gasteiger partial charge is 0.352 e. The van der Waals surface area contributed by atoms with Crippen LogP contribution in [-0.2, 0) is 0 Å². The van der Waals surface area contributed by atoms with Gasteiger partial charge < -0.3 is 11.1 Å². The van der Waals surface area contributed by atoms with Gasteiger partial charge in [0.2, 0.25) is 0 Å². The zero-order chi connectivity index (χ0) is 14.3. The number of amides is 1. The van der Waals surface area contributed by atoms with Gasteiger partial charge in [-0.2, -0.15) is 0 Å². The van der Waals surface area contributed by atoms with Gasteiger partial charge >= 0.3 is 0 Å². The molecule has 1 aromatic carbocycles. The number of carbonyl (C=O) groups is 1. The second-order valence-electron chi connectivity index (χ2n) is 4.57. The molecule has 3 nitrogen and oxygen atoms in total. The third kappa shape index (κ3) is 4.95. The van der Waals surface area contributed by atoms with E-state index in [1.54, 1.807) is 0 Å². The second-order valence-corrected chi connectivity index (χ2v) is 4.57. The summed E-state index contributed by atoms with van der Waals surface area (Å²) in [5.74, 6) is -1.76. The molecule has 0 saturated carbocycles. The highest BCUT2D eigenvalue weighted by Gasteiger charge is 2.14. The fourth-order valence-corrected chi connectivity index (χ4v) is 2.00. The molecule has 106 valence electrons. The minimum atomic E-state index is -0.844. The van der Waals surface area contributed by atoms with E-state index in [2.05, 4.69) is 12.2 Å². The monoisotopic (exact) mass is 270 g/mol. The molecule has 1 unspecified atom stereocenters. The summed E-state index contributed by atoms with van der Waals surface area (Å²) >= 11 is 0. The van der Waals surface area contributed by atoms with Crippen LogP contribution in [0.3, 0.4) is 0 Å². The van der Waals surface area contributed by atoms with E-state index in [0.29, 0.717) is 25.1 Å². The smallest absolute Gasteiger partial charge is 0.254 e. The molecule has 0 fully saturated rings. The zero-order valence-corrected chi connectivity index (χ0v) is 11.1. The summed E-state index contributed by atoms with van der Waals surface area (Å²) in [6.45, 7) is 3.08. The third-order valence-corrected chi connectivity index (χ3v) is 3.00. The van der Waals surface area contributed by atoms with Crippen molar-refractivity contribution in [3.8, 4) is 0 Å². The van der Waals surface area contributed by atoms with Gasteiger partial charge in [-0.3, -0.25) is 4.79 Å². The maximum absolute atomic E-state index is 13.4. The molecular weight excluding hydrogens is 250 g/mol. The molecule has 1 amide bonds. The average Bonchev–Trinajstić information content (AvgIpc) is 2.36. The van der Waals surface area contributed by atoms with Crippen LogP contribution in [0.2, 0.25) is 0 Å². The van der Waals surface area contributed by atoms with Gasteiger partial charge in [-0.1, -0.05) is 13.3 Å². The van der Waals surface area contributed by atoms with E-state index < -0.39 is 17.5 Å². The van der Waals surface area contributed by atoms with Gasteiger partial charge in [0, 0.05) is 12.6 Å². The van der Waals surface area contributed by atoms with Crippen LogP contribution in [0.4, 0.5) is 8.78 Å². The van der Waals surface area contributed by atoms with Crippen molar-refractivity contribution < 1.29 is 13.6 Å². The Morgan fingerprint density at radius 1 is 1.37 bits per heavy atom. The molecule has 0 saturated heterocycles. The highest BCUT2D eigenvalue weighted by molar-refractivity contribution is 5.94. The minimum Gasteiger partial charge on any atom is -0.352 e. The average molecular weight is 270 g/mol. The number of nitrogens with one attached hydrogen (secondary N) is 1. The van der Waals surface area contributed by atoms with Gasteiger partial charge in [-0.25, -0.2) is 8.78 Å². The molecule has 19 heavy (non-hydrogen) atoms. The predicted molar refractivity (Wildman–Crippen MR) is 70.8 cm³/mol. The van der Waals surface area contributed by atoms with Crippen molar-refractivity contribution in [1.82, 2.24) is 5.32 Å². The lowest BCUT2D eigenvalue weighted by Crippen LogP contribution is -2.31. The number of hydrogen-bond donors (Lipinski definition) is 2. The first kappa shape index (κ1) is 15.6. The first-order valence-corrected chi connectivity index (χ1v) is 6.51. The van der Waals surface area contributed by atoms with Crippen molar-refractivity contribution in [1.29, 1.82) is 0 Å². The van der Waals surface area contributed by atoms with E-state index >= 15 is 0 Å². The van der Waals surface area contributed by atoms with Crippen LogP contribution in [0.5, 0.6) is 0 Å². The topological polar surface area (TPSA) is 55.1 Å². The van der Waals surface area contributed by atoms with Crippen LogP contribution >= 0.6 is 0 Å². The quantitative estimate of drug-likeness (QED) is 0.799. The lowest BCUT2D eigenvalue weighted by atomic mass is 10.00. The fraction of sp³-hybridized carbons (Fsp3) is 0.500. The molecule has 1 atom stereocenters. The Bertz CT molecular complexity index is 418. The summed E-state index contributed by atoms with van der Waals surface area (Å²) in [5, 5.41) is 2.67.